The van der Waals surface area contributed by atoms with Crippen LogP contribution in [0.15, 0.2) is 102 Å². The van der Waals surface area contributed by atoms with Gasteiger partial charge in [0.05, 0.1) is 0 Å². The van der Waals surface area contributed by atoms with Gasteiger partial charge in [0.1, 0.15) is 5.75 Å². The first-order valence-corrected chi connectivity index (χ1v) is 12.1. The molecule has 0 amide bonds. The first-order chi connectivity index (χ1) is 17.4. The van der Waals surface area contributed by atoms with Gasteiger partial charge in [-0.15, -0.1) is 0 Å². The number of rotatable bonds is 5. The summed E-state index contributed by atoms with van der Waals surface area (Å²) < 4.78 is 5.67. The van der Waals surface area contributed by atoms with Crippen molar-refractivity contribution in [1.82, 2.24) is 0 Å². The Kier molecular flexibility index (Phi) is 13.2. The van der Waals surface area contributed by atoms with Crippen molar-refractivity contribution in [3.05, 3.63) is 146 Å². The minimum Gasteiger partial charge on any atom is -0.537 e. The Labute approximate surface area is 231 Å². The maximum atomic E-state index is 8.21. The lowest BCUT2D eigenvalue weighted by Gasteiger charge is -2.02. The van der Waals surface area contributed by atoms with Gasteiger partial charge in [-0.2, -0.15) is 0 Å². The maximum absolute atomic E-state index is 8.21. The summed E-state index contributed by atoms with van der Waals surface area (Å²) in [4.78, 5) is 6.66. The van der Waals surface area contributed by atoms with Crippen molar-refractivity contribution in [2.75, 3.05) is 0 Å². The van der Waals surface area contributed by atoms with E-state index in [4.69, 9.17) is 41.4 Å². The zero-order chi connectivity index (χ0) is 26.2. The normalized spacial score (nSPS) is 9.28. The summed E-state index contributed by atoms with van der Waals surface area (Å²) in [5, 5.41) is 9.59. The van der Waals surface area contributed by atoms with Gasteiger partial charge in [-0.05, 0) is 65.7 Å². The Hall–Kier alpha value is -3.26. The van der Waals surface area contributed by atoms with Crippen LogP contribution in [-0.4, -0.2) is 12.7 Å². The van der Waals surface area contributed by atoms with Gasteiger partial charge in [0.15, 0.2) is 0 Å². The first-order valence-electron chi connectivity index (χ1n) is 10.6. The van der Waals surface area contributed by atoms with E-state index in [1.165, 1.54) is 0 Å². The summed E-state index contributed by atoms with van der Waals surface area (Å²) >= 11 is 14.8. The molecule has 0 aliphatic carbocycles. The molecule has 0 atom stereocenters. The van der Waals surface area contributed by atoms with Crippen LogP contribution in [0, 0.1) is 13.1 Å². The lowest BCUT2D eigenvalue weighted by atomic mass is 10.0. The number of halogens is 3. The molecule has 0 saturated heterocycles. The van der Waals surface area contributed by atoms with Crippen LogP contribution in [-0.2, 0) is 13.1 Å². The molecule has 1 radical (unpaired) electrons. The monoisotopic (exact) mass is 577 g/mol. The molecule has 0 aromatic heterocycles. The van der Waals surface area contributed by atoms with Gasteiger partial charge in [0.25, 0.3) is 0 Å². The first kappa shape index (κ1) is 29.0. The Morgan fingerprint density at radius 2 is 1.25 bits per heavy atom. The van der Waals surface area contributed by atoms with Crippen LogP contribution in [0.5, 0.6) is 5.75 Å². The average Bonchev–Trinajstić information content (AvgIpc) is 2.88. The van der Waals surface area contributed by atoms with Crippen molar-refractivity contribution < 1.29 is 9.68 Å². The fraction of sp³-hybridized carbons (Fsp3) is 0.0714. The molecule has 4 rings (SSSR count). The molecule has 0 aliphatic heterocycles. The van der Waals surface area contributed by atoms with Crippen molar-refractivity contribution in [3.8, 4) is 16.9 Å². The second-order valence-electron chi connectivity index (χ2n) is 7.15. The molecule has 4 aromatic rings. The summed E-state index contributed by atoms with van der Waals surface area (Å²) in [6.45, 7) is 14.4. The van der Waals surface area contributed by atoms with Gasteiger partial charge < -0.3 is 19.4 Å². The Morgan fingerprint density at radius 3 is 1.78 bits per heavy atom. The average molecular weight is 579 g/mol. The molecule has 4 aromatic carbocycles. The fourth-order valence-corrected chi connectivity index (χ4v) is 3.58. The second kappa shape index (κ2) is 16.4. The van der Waals surface area contributed by atoms with E-state index in [1.807, 2.05) is 72.8 Å². The molecule has 4 nitrogen and oxygen atoms in total. The van der Waals surface area contributed by atoms with Gasteiger partial charge in [-0.1, -0.05) is 81.6 Å². The van der Waals surface area contributed by atoms with Gasteiger partial charge in [0.2, 0.25) is 13.1 Å². The standard InChI is InChI=1S/C14H10ClN.C8H6BrN.C6H5BClO2/c1-16-10-11-3-2-4-13(9-11)12-5-7-14(15)8-6-12;1-10-6-7-3-2-4-8(9)5-7;8-5-1-3-6(4-2-5)10-7-9/h2-9H,10H2;2-5H,6H2;1-4,9H. The third-order valence-corrected chi connectivity index (χ3v) is 5.52. The van der Waals surface area contributed by atoms with Crippen LogP contribution in [0.2, 0.25) is 10.0 Å². The molecule has 0 saturated carbocycles. The van der Waals surface area contributed by atoms with Gasteiger partial charge >= 0.3 is 7.69 Å². The highest BCUT2D eigenvalue weighted by Gasteiger charge is 2.00. The predicted molar refractivity (Wildman–Crippen MR) is 152 cm³/mol. The van der Waals surface area contributed by atoms with Crippen LogP contribution in [0.1, 0.15) is 11.1 Å². The maximum Gasteiger partial charge on any atom is 0.569 e. The predicted octanol–water partition coefficient (Wildman–Crippen LogP) is 8.54. The van der Waals surface area contributed by atoms with Crippen molar-refractivity contribution in [2.24, 2.45) is 0 Å². The highest BCUT2D eigenvalue weighted by Crippen LogP contribution is 2.22. The SMILES string of the molecule is O[B]Oc1ccc(Cl)cc1.[C-]#[N+]Cc1cccc(-c2ccc(Cl)cc2)c1.[C-]#[N+]Cc1cccc(Br)c1. The van der Waals surface area contributed by atoms with Crippen LogP contribution >= 0.6 is 39.1 Å². The summed E-state index contributed by atoms with van der Waals surface area (Å²) in [6.07, 6.45) is 0. The van der Waals surface area contributed by atoms with E-state index in [0.29, 0.717) is 31.5 Å². The highest BCUT2D eigenvalue weighted by atomic mass is 79.9. The summed E-state index contributed by atoms with van der Waals surface area (Å²) in [5.41, 5.74) is 4.35. The molecule has 0 heterocycles. The van der Waals surface area contributed by atoms with Crippen LogP contribution in [0.3, 0.4) is 0 Å². The van der Waals surface area contributed by atoms with Crippen LogP contribution in [0.25, 0.3) is 20.8 Å². The van der Waals surface area contributed by atoms with Gasteiger partial charge in [-0.25, -0.2) is 13.1 Å². The molecule has 1 N–H and O–H groups in total. The molecule has 0 bridgehead atoms. The number of hydrogen-bond acceptors (Lipinski definition) is 2. The highest BCUT2D eigenvalue weighted by molar-refractivity contribution is 9.10. The smallest absolute Gasteiger partial charge is 0.537 e. The lowest BCUT2D eigenvalue weighted by Crippen LogP contribution is -1.98. The Bertz CT molecular complexity index is 1300. The number of nitrogens with zero attached hydrogens (tertiary/aromatic N) is 2. The van der Waals surface area contributed by atoms with Crippen molar-refractivity contribution in [1.29, 1.82) is 0 Å². The van der Waals surface area contributed by atoms with Crippen LogP contribution in [0.4, 0.5) is 0 Å². The molecule has 179 valence electrons. The zero-order valence-electron chi connectivity index (χ0n) is 19.1. The minimum absolute atomic E-state index is 0.432. The minimum atomic E-state index is 0.432. The number of hydrogen-bond donors (Lipinski definition) is 1. The zero-order valence-corrected chi connectivity index (χ0v) is 22.2. The van der Waals surface area contributed by atoms with E-state index in [9.17, 15) is 0 Å². The third-order valence-electron chi connectivity index (χ3n) is 4.52. The van der Waals surface area contributed by atoms with E-state index >= 15 is 0 Å². The van der Waals surface area contributed by atoms with Crippen molar-refractivity contribution >= 4 is 46.8 Å². The lowest BCUT2D eigenvalue weighted by molar-refractivity contribution is 0.454. The van der Waals surface area contributed by atoms with E-state index in [2.05, 4.69) is 30.3 Å². The second-order valence-corrected chi connectivity index (χ2v) is 8.94. The van der Waals surface area contributed by atoms with Crippen molar-refractivity contribution in [3.63, 3.8) is 0 Å². The molecule has 8 heteroatoms. The van der Waals surface area contributed by atoms with E-state index in [0.717, 1.165) is 31.7 Å². The van der Waals surface area contributed by atoms with Crippen molar-refractivity contribution in [2.45, 2.75) is 13.1 Å². The molecule has 0 spiro atoms. The van der Waals surface area contributed by atoms with Gasteiger partial charge in [0, 0.05) is 25.6 Å². The quantitative estimate of drug-likeness (QED) is 0.190. The largest absolute Gasteiger partial charge is 0.569 e. The van der Waals surface area contributed by atoms with E-state index < -0.39 is 0 Å². The third kappa shape index (κ3) is 11.0. The molecule has 0 unspecified atom stereocenters. The summed E-state index contributed by atoms with van der Waals surface area (Å²) in [5.74, 6) is 0.562. The molecular formula is C28H21BBrCl2N2O2. The van der Waals surface area contributed by atoms with E-state index in [-0.39, 0.29) is 0 Å². The Morgan fingerprint density at radius 1 is 0.722 bits per heavy atom. The fourth-order valence-electron chi connectivity index (χ4n) is 2.88. The molecular weight excluding hydrogens is 558 g/mol. The topological polar surface area (TPSA) is 38.2 Å². The molecule has 0 fully saturated rings. The Balaban J connectivity index is 0.000000200. The summed E-state index contributed by atoms with van der Waals surface area (Å²) in [6, 6.07) is 30.2. The van der Waals surface area contributed by atoms with Gasteiger partial charge in [-0.3, -0.25) is 0 Å². The number of benzene rings is 4. The van der Waals surface area contributed by atoms with E-state index in [1.54, 1.807) is 24.3 Å². The summed E-state index contributed by atoms with van der Waals surface area (Å²) in [7, 11) is 0.628. The molecule has 0 aliphatic rings. The van der Waals surface area contributed by atoms with Crippen LogP contribution < -0.4 is 4.65 Å². The molecule has 36 heavy (non-hydrogen) atoms.